The largest absolute Gasteiger partial charge is 0.457 e. The lowest BCUT2D eigenvalue weighted by molar-refractivity contribution is 0.276. The van der Waals surface area contributed by atoms with Gasteiger partial charge >= 0.3 is 0 Å². The molecule has 0 bridgehead atoms. The van der Waals surface area contributed by atoms with Gasteiger partial charge in [0.05, 0.1) is 6.61 Å². The fourth-order valence-corrected chi connectivity index (χ4v) is 1.59. The summed E-state index contributed by atoms with van der Waals surface area (Å²) in [6.45, 7) is 3.99. The lowest BCUT2D eigenvalue weighted by Crippen LogP contribution is -1.94. The molecule has 3 nitrogen and oxygen atoms in total. The lowest BCUT2D eigenvalue weighted by Gasteiger charge is -2.12. The summed E-state index contributed by atoms with van der Waals surface area (Å²) in [6, 6.07) is 7.68. The molecule has 0 saturated heterocycles. The number of hydrogen-bond donors (Lipinski definition) is 1. The van der Waals surface area contributed by atoms with E-state index in [1.807, 2.05) is 32.0 Å². The molecule has 0 spiro atoms. The van der Waals surface area contributed by atoms with E-state index in [-0.39, 0.29) is 6.61 Å². The van der Waals surface area contributed by atoms with Crippen molar-refractivity contribution < 1.29 is 9.84 Å². The number of aliphatic hydroxyl groups is 1. The second kappa shape index (κ2) is 4.97. The fourth-order valence-electron chi connectivity index (χ4n) is 1.59. The minimum atomic E-state index is -0.0754. The quantitative estimate of drug-likeness (QED) is 0.879. The van der Waals surface area contributed by atoms with E-state index >= 15 is 0 Å². The van der Waals surface area contributed by atoms with Crippen molar-refractivity contribution in [2.24, 2.45) is 0 Å². The molecule has 0 atom stereocenters. The van der Waals surface area contributed by atoms with Crippen LogP contribution in [-0.2, 0) is 6.61 Å². The number of hydrogen-bond acceptors (Lipinski definition) is 3. The second-order valence-electron chi connectivity index (χ2n) is 3.94. The highest BCUT2D eigenvalue weighted by atomic mass is 16.5. The van der Waals surface area contributed by atoms with Gasteiger partial charge in [-0.05, 0) is 37.1 Å². The molecule has 0 radical (unpaired) electrons. The maximum Gasteiger partial charge on any atom is 0.136 e. The van der Waals surface area contributed by atoms with E-state index in [9.17, 15) is 5.11 Å². The van der Waals surface area contributed by atoms with Crippen molar-refractivity contribution in [2.45, 2.75) is 20.5 Å². The molecular formula is C14H15NO2. The van der Waals surface area contributed by atoms with Crippen molar-refractivity contribution in [1.29, 1.82) is 0 Å². The molecule has 88 valence electrons. The van der Waals surface area contributed by atoms with Gasteiger partial charge in [-0.3, -0.25) is 4.98 Å². The third-order valence-corrected chi connectivity index (χ3v) is 2.80. The zero-order chi connectivity index (χ0) is 12.3. The number of pyridine rings is 1. The van der Waals surface area contributed by atoms with Gasteiger partial charge in [-0.1, -0.05) is 12.1 Å². The van der Waals surface area contributed by atoms with E-state index in [1.165, 1.54) is 5.56 Å². The molecule has 1 heterocycles. The Kier molecular flexibility index (Phi) is 3.40. The number of aryl methyl sites for hydroxylation is 1. The molecule has 0 aliphatic rings. The molecule has 3 heteroatoms. The van der Waals surface area contributed by atoms with Crippen molar-refractivity contribution in [2.75, 3.05) is 0 Å². The van der Waals surface area contributed by atoms with Gasteiger partial charge in [0, 0.05) is 18.0 Å². The average molecular weight is 229 g/mol. The van der Waals surface area contributed by atoms with Crippen LogP contribution in [0.3, 0.4) is 0 Å². The van der Waals surface area contributed by atoms with Crippen molar-refractivity contribution in [3.8, 4) is 11.5 Å². The van der Waals surface area contributed by atoms with Gasteiger partial charge in [-0.25, -0.2) is 0 Å². The zero-order valence-corrected chi connectivity index (χ0v) is 9.97. The Morgan fingerprint density at radius 1 is 1.18 bits per heavy atom. The molecule has 1 aromatic carbocycles. The van der Waals surface area contributed by atoms with Crippen LogP contribution in [-0.4, -0.2) is 10.1 Å². The number of ether oxygens (including phenoxy) is 1. The first kappa shape index (κ1) is 11.6. The summed E-state index contributed by atoms with van der Waals surface area (Å²) in [5.74, 6) is 1.46. The minimum absolute atomic E-state index is 0.0754. The standard InChI is InChI=1S/C14H15NO2/c1-10-4-3-5-13(11(10)2)17-14-6-7-15-8-12(14)9-16/h3-8,16H,9H2,1-2H3. The van der Waals surface area contributed by atoms with Crippen LogP contribution in [0.5, 0.6) is 11.5 Å². The van der Waals surface area contributed by atoms with Crippen LogP contribution in [0.25, 0.3) is 0 Å². The summed E-state index contributed by atoms with van der Waals surface area (Å²) in [6.07, 6.45) is 3.26. The van der Waals surface area contributed by atoms with Crippen molar-refractivity contribution in [3.05, 3.63) is 53.3 Å². The number of aliphatic hydroxyl groups excluding tert-OH is 1. The van der Waals surface area contributed by atoms with Gasteiger partial charge in [0.15, 0.2) is 0 Å². The Labute approximate surface area is 101 Å². The minimum Gasteiger partial charge on any atom is -0.457 e. The highest BCUT2D eigenvalue weighted by Gasteiger charge is 2.06. The Balaban J connectivity index is 2.35. The molecule has 0 aliphatic carbocycles. The van der Waals surface area contributed by atoms with Gasteiger partial charge in [0.1, 0.15) is 11.5 Å². The Morgan fingerprint density at radius 3 is 2.76 bits per heavy atom. The first-order valence-corrected chi connectivity index (χ1v) is 5.50. The summed E-state index contributed by atoms with van der Waals surface area (Å²) < 4.78 is 5.81. The smallest absolute Gasteiger partial charge is 0.136 e. The molecule has 2 aromatic rings. The third kappa shape index (κ3) is 2.45. The molecule has 0 aliphatic heterocycles. The molecule has 2 rings (SSSR count). The van der Waals surface area contributed by atoms with Gasteiger partial charge in [0.2, 0.25) is 0 Å². The number of benzene rings is 1. The summed E-state index contributed by atoms with van der Waals surface area (Å²) in [5.41, 5.74) is 2.98. The van der Waals surface area contributed by atoms with Crippen LogP contribution >= 0.6 is 0 Å². The van der Waals surface area contributed by atoms with E-state index in [0.717, 1.165) is 11.3 Å². The molecule has 0 fully saturated rings. The van der Waals surface area contributed by atoms with E-state index < -0.39 is 0 Å². The second-order valence-corrected chi connectivity index (χ2v) is 3.94. The maximum absolute atomic E-state index is 9.20. The average Bonchev–Trinajstić information content (AvgIpc) is 2.35. The first-order valence-electron chi connectivity index (χ1n) is 5.50. The monoisotopic (exact) mass is 229 g/mol. The summed E-state index contributed by atoms with van der Waals surface area (Å²) in [5, 5.41) is 9.20. The van der Waals surface area contributed by atoms with Crippen LogP contribution in [0.15, 0.2) is 36.7 Å². The predicted molar refractivity (Wildman–Crippen MR) is 66.1 cm³/mol. The SMILES string of the molecule is Cc1cccc(Oc2ccncc2CO)c1C. The van der Waals surface area contributed by atoms with E-state index in [2.05, 4.69) is 4.98 Å². The van der Waals surface area contributed by atoms with Gasteiger partial charge in [0.25, 0.3) is 0 Å². The summed E-state index contributed by atoms with van der Waals surface area (Å²) in [7, 11) is 0. The Bertz CT molecular complexity index is 523. The van der Waals surface area contributed by atoms with E-state index in [0.29, 0.717) is 11.3 Å². The molecule has 1 N–H and O–H groups in total. The Morgan fingerprint density at radius 2 is 2.00 bits per heavy atom. The molecular weight excluding hydrogens is 214 g/mol. The van der Waals surface area contributed by atoms with Crippen LogP contribution in [0.1, 0.15) is 16.7 Å². The van der Waals surface area contributed by atoms with Crippen LogP contribution in [0, 0.1) is 13.8 Å². The van der Waals surface area contributed by atoms with Crippen molar-refractivity contribution in [3.63, 3.8) is 0 Å². The summed E-state index contributed by atoms with van der Waals surface area (Å²) >= 11 is 0. The van der Waals surface area contributed by atoms with Gasteiger partial charge in [-0.2, -0.15) is 0 Å². The van der Waals surface area contributed by atoms with Gasteiger partial charge in [-0.15, -0.1) is 0 Å². The third-order valence-electron chi connectivity index (χ3n) is 2.80. The number of rotatable bonds is 3. The maximum atomic E-state index is 9.20. The summed E-state index contributed by atoms with van der Waals surface area (Å²) in [4.78, 5) is 3.96. The molecule has 0 amide bonds. The van der Waals surface area contributed by atoms with Crippen LogP contribution in [0.4, 0.5) is 0 Å². The number of aromatic nitrogens is 1. The molecule has 0 saturated carbocycles. The van der Waals surface area contributed by atoms with Crippen LogP contribution < -0.4 is 4.74 Å². The van der Waals surface area contributed by atoms with Crippen molar-refractivity contribution >= 4 is 0 Å². The predicted octanol–water partition coefficient (Wildman–Crippen LogP) is 2.98. The molecule has 1 aromatic heterocycles. The Hall–Kier alpha value is -1.87. The number of nitrogens with zero attached hydrogens (tertiary/aromatic N) is 1. The zero-order valence-electron chi connectivity index (χ0n) is 9.97. The van der Waals surface area contributed by atoms with Gasteiger partial charge < -0.3 is 9.84 Å². The first-order chi connectivity index (χ1) is 8.22. The highest BCUT2D eigenvalue weighted by molar-refractivity contribution is 5.42. The lowest BCUT2D eigenvalue weighted by atomic mass is 10.1. The fraction of sp³-hybridized carbons (Fsp3) is 0.214. The molecule has 17 heavy (non-hydrogen) atoms. The van der Waals surface area contributed by atoms with Crippen molar-refractivity contribution in [1.82, 2.24) is 4.98 Å². The normalized spacial score (nSPS) is 10.3. The highest BCUT2D eigenvalue weighted by Crippen LogP contribution is 2.28. The molecule has 0 unspecified atom stereocenters. The van der Waals surface area contributed by atoms with E-state index in [4.69, 9.17) is 4.74 Å². The van der Waals surface area contributed by atoms with Crippen LogP contribution in [0.2, 0.25) is 0 Å². The topological polar surface area (TPSA) is 42.4 Å². The van der Waals surface area contributed by atoms with E-state index in [1.54, 1.807) is 18.5 Å².